The van der Waals surface area contributed by atoms with Gasteiger partial charge < -0.3 is 20.5 Å². The van der Waals surface area contributed by atoms with Crippen LogP contribution in [0.2, 0.25) is 0 Å². The lowest BCUT2D eigenvalue weighted by atomic mass is 10.2. The highest BCUT2D eigenvalue weighted by atomic mass is 19.1. The van der Waals surface area contributed by atoms with E-state index in [1.54, 1.807) is 19.2 Å². The number of nitrogens with two attached hydrogens (primary N) is 1. The Morgan fingerprint density at radius 3 is 2.70 bits per heavy atom. The number of methoxy groups -OCH3 is 2. The molecular formula is C17H20FN3O2. The number of benzene rings is 2. The number of nitrogens with zero attached hydrogens (tertiary/aromatic N) is 1. The Bertz CT molecular complexity index is 689. The molecule has 0 unspecified atom stereocenters. The van der Waals surface area contributed by atoms with Gasteiger partial charge in [0.2, 0.25) is 0 Å². The van der Waals surface area contributed by atoms with Gasteiger partial charge in [-0.05, 0) is 23.8 Å². The Morgan fingerprint density at radius 1 is 1.22 bits per heavy atom. The van der Waals surface area contributed by atoms with E-state index in [0.29, 0.717) is 12.2 Å². The second-order valence-corrected chi connectivity index (χ2v) is 4.89. The number of anilines is 1. The Hall–Kier alpha value is -2.60. The van der Waals surface area contributed by atoms with Crippen molar-refractivity contribution in [2.75, 3.05) is 19.5 Å². The third kappa shape index (κ3) is 4.69. The number of aliphatic imine (C=N–C) groups is 1. The smallest absolute Gasteiger partial charge is 0.193 e. The van der Waals surface area contributed by atoms with Gasteiger partial charge in [0, 0.05) is 18.4 Å². The predicted octanol–water partition coefficient (Wildman–Crippen LogP) is 2.91. The van der Waals surface area contributed by atoms with E-state index in [1.807, 2.05) is 24.3 Å². The molecule has 0 radical (unpaired) electrons. The molecule has 0 spiro atoms. The summed E-state index contributed by atoms with van der Waals surface area (Å²) in [5, 5.41) is 3.03. The van der Waals surface area contributed by atoms with Crippen LogP contribution in [0.1, 0.15) is 11.1 Å². The molecule has 0 heterocycles. The first-order valence-electron chi connectivity index (χ1n) is 7.10. The normalized spacial score (nSPS) is 11.3. The largest absolute Gasteiger partial charge is 0.494 e. The lowest BCUT2D eigenvalue weighted by Crippen LogP contribution is -2.23. The van der Waals surface area contributed by atoms with Gasteiger partial charge in [0.1, 0.15) is 0 Å². The van der Waals surface area contributed by atoms with E-state index in [0.717, 1.165) is 11.3 Å². The number of rotatable bonds is 6. The summed E-state index contributed by atoms with van der Waals surface area (Å²) in [5.41, 5.74) is 8.40. The van der Waals surface area contributed by atoms with Crippen molar-refractivity contribution < 1.29 is 13.9 Å². The Labute approximate surface area is 134 Å². The third-order valence-electron chi connectivity index (χ3n) is 3.23. The zero-order chi connectivity index (χ0) is 16.7. The molecule has 2 aromatic rings. The van der Waals surface area contributed by atoms with E-state index in [-0.39, 0.29) is 18.3 Å². The first-order chi connectivity index (χ1) is 11.1. The highest BCUT2D eigenvalue weighted by Gasteiger charge is 2.04. The Balaban J connectivity index is 2.04. The number of hydrogen-bond donors (Lipinski definition) is 2. The summed E-state index contributed by atoms with van der Waals surface area (Å²) in [6.07, 6.45) is 0. The molecule has 122 valence electrons. The van der Waals surface area contributed by atoms with E-state index in [4.69, 9.17) is 15.2 Å². The molecule has 2 rings (SSSR count). The number of para-hydroxylation sites is 1. The van der Waals surface area contributed by atoms with Crippen molar-refractivity contribution in [3.8, 4) is 5.75 Å². The van der Waals surface area contributed by atoms with Gasteiger partial charge in [-0.1, -0.05) is 24.3 Å². The second-order valence-electron chi connectivity index (χ2n) is 4.89. The maximum absolute atomic E-state index is 13.6. The van der Waals surface area contributed by atoms with Crippen molar-refractivity contribution in [1.82, 2.24) is 0 Å². The van der Waals surface area contributed by atoms with Crippen molar-refractivity contribution >= 4 is 11.6 Å². The molecular weight excluding hydrogens is 297 g/mol. The Morgan fingerprint density at radius 2 is 2.00 bits per heavy atom. The fraction of sp³-hybridized carbons (Fsp3) is 0.235. The van der Waals surface area contributed by atoms with E-state index in [2.05, 4.69) is 10.3 Å². The average molecular weight is 317 g/mol. The van der Waals surface area contributed by atoms with Gasteiger partial charge >= 0.3 is 0 Å². The van der Waals surface area contributed by atoms with Crippen molar-refractivity contribution in [2.24, 2.45) is 10.7 Å². The molecule has 0 aromatic heterocycles. The van der Waals surface area contributed by atoms with Crippen LogP contribution in [0.3, 0.4) is 0 Å². The van der Waals surface area contributed by atoms with E-state index >= 15 is 0 Å². The quantitative estimate of drug-likeness (QED) is 0.635. The summed E-state index contributed by atoms with van der Waals surface area (Å²) in [5.74, 6) is 0.0410. The molecule has 6 heteroatoms. The van der Waals surface area contributed by atoms with Crippen LogP contribution >= 0.6 is 0 Å². The van der Waals surface area contributed by atoms with Crippen LogP contribution in [0.25, 0.3) is 0 Å². The summed E-state index contributed by atoms with van der Waals surface area (Å²) in [6, 6.07) is 12.4. The summed E-state index contributed by atoms with van der Waals surface area (Å²) >= 11 is 0. The summed E-state index contributed by atoms with van der Waals surface area (Å²) in [4.78, 5) is 4.22. The summed E-state index contributed by atoms with van der Waals surface area (Å²) < 4.78 is 23.6. The summed E-state index contributed by atoms with van der Waals surface area (Å²) in [7, 11) is 3.06. The maximum Gasteiger partial charge on any atom is 0.193 e. The molecule has 0 aliphatic carbocycles. The zero-order valence-corrected chi connectivity index (χ0v) is 13.2. The van der Waals surface area contributed by atoms with Crippen molar-refractivity contribution in [2.45, 2.75) is 13.2 Å². The topological polar surface area (TPSA) is 68.9 Å². The van der Waals surface area contributed by atoms with Crippen molar-refractivity contribution in [3.05, 3.63) is 59.4 Å². The first kappa shape index (κ1) is 16.8. The molecule has 2 aromatic carbocycles. The third-order valence-corrected chi connectivity index (χ3v) is 3.23. The van der Waals surface area contributed by atoms with Gasteiger partial charge in [0.05, 0.1) is 20.3 Å². The zero-order valence-electron chi connectivity index (χ0n) is 13.2. The van der Waals surface area contributed by atoms with Crippen LogP contribution in [0, 0.1) is 5.82 Å². The number of guanidine groups is 1. The molecule has 0 saturated carbocycles. The summed E-state index contributed by atoms with van der Waals surface area (Å²) in [6.45, 7) is 0.742. The SMILES string of the molecule is COCc1ccccc1NC(N)=NCc1ccc(OC)c(F)c1. The van der Waals surface area contributed by atoms with Gasteiger partial charge in [0.15, 0.2) is 17.5 Å². The fourth-order valence-electron chi connectivity index (χ4n) is 2.09. The van der Waals surface area contributed by atoms with Crippen molar-refractivity contribution in [1.29, 1.82) is 0 Å². The lowest BCUT2D eigenvalue weighted by Gasteiger charge is -2.11. The van der Waals surface area contributed by atoms with E-state index in [1.165, 1.54) is 13.2 Å². The molecule has 0 bridgehead atoms. The molecule has 3 N–H and O–H groups in total. The number of ether oxygens (including phenoxy) is 2. The number of halogens is 1. The van der Waals surface area contributed by atoms with Crippen LogP contribution in [0.15, 0.2) is 47.5 Å². The van der Waals surface area contributed by atoms with E-state index < -0.39 is 5.82 Å². The second kappa shape index (κ2) is 8.14. The number of hydrogen-bond acceptors (Lipinski definition) is 3. The minimum Gasteiger partial charge on any atom is -0.494 e. The highest BCUT2D eigenvalue weighted by Crippen LogP contribution is 2.18. The van der Waals surface area contributed by atoms with Crippen LogP contribution < -0.4 is 15.8 Å². The van der Waals surface area contributed by atoms with E-state index in [9.17, 15) is 4.39 Å². The molecule has 0 aliphatic rings. The van der Waals surface area contributed by atoms with Crippen LogP contribution in [-0.2, 0) is 17.9 Å². The number of nitrogens with one attached hydrogen (secondary N) is 1. The van der Waals surface area contributed by atoms with Crippen molar-refractivity contribution in [3.63, 3.8) is 0 Å². The van der Waals surface area contributed by atoms with Gasteiger partial charge in [-0.25, -0.2) is 9.38 Å². The maximum atomic E-state index is 13.6. The first-order valence-corrected chi connectivity index (χ1v) is 7.10. The molecule has 0 saturated heterocycles. The minimum absolute atomic E-state index is 0.206. The standard InChI is InChI=1S/C17H20FN3O2/c1-22-11-13-5-3-4-6-15(13)21-17(19)20-10-12-7-8-16(23-2)14(18)9-12/h3-9H,10-11H2,1-2H3,(H3,19,20,21). The monoisotopic (exact) mass is 317 g/mol. The van der Waals surface area contributed by atoms with Crippen LogP contribution in [0.4, 0.5) is 10.1 Å². The van der Waals surface area contributed by atoms with Gasteiger partial charge in [-0.3, -0.25) is 0 Å². The molecule has 0 amide bonds. The minimum atomic E-state index is -0.419. The Kier molecular flexibility index (Phi) is 5.94. The predicted molar refractivity (Wildman–Crippen MR) is 89.1 cm³/mol. The highest BCUT2D eigenvalue weighted by molar-refractivity contribution is 5.92. The fourth-order valence-corrected chi connectivity index (χ4v) is 2.09. The lowest BCUT2D eigenvalue weighted by molar-refractivity contribution is 0.185. The molecule has 23 heavy (non-hydrogen) atoms. The molecule has 0 aliphatic heterocycles. The van der Waals surface area contributed by atoms with Gasteiger partial charge in [0.25, 0.3) is 0 Å². The molecule has 0 atom stereocenters. The molecule has 0 fully saturated rings. The van der Waals surface area contributed by atoms with Gasteiger partial charge in [-0.2, -0.15) is 0 Å². The van der Waals surface area contributed by atoms with Crippen LogP contribution in [-0.4, -0.2) is 20.2 Å². The average Bonchev–Trinajstić information content (AvgIpc) is 2.55. The van der Waals surface area contributed by atoms with Gasteiger partial charge in [-0.15, -0.1) is 0 Å². The van der Waals surface area contributed by atoms with Crippen LogP contribution in [0.5, 0.6) is 5.75 Å². The molecule has 5 nitrogen and oxygen atoms in total.